The van der Waals surface area contributed by atoms with Crippen LogP contribution in [0.3, 0.4) is 0 Å². The molecule has 0 unspecified atom stereocenters. The predicted molar refractivity (Wildman–Crippen MR) is 148 cm³/mol. The predicted octanol–water partition coefficient (Wildman–Crippen LogP) is 7.53. The molecule has 1 N–H and O–H groups in total. The van der Waals surface area contributed by atoms with Crippen molar-refractivity contribution in [3.05, 3.63) is 89.0 Å². The lowest BCUT2D eigenvalue weighted by Crippen LogP contribution is -2.49. The van der Waals surface area contributed by atoms with Gasteiger partial charge in [0.05, 0.1) is 36.0 Å². The minimum absolute atomic E-state index is 0.239. The van der Waals surface area contributed by atoms with Crippen molar-refractivity contribution in [2.24, 2.45) is 23.2 Å². The summed E-state index contributed by atoms with van der Waals surface area (Å²) in [5.74, 6) is -3.95. The van der Waals surface area contributed by atoms with Crippen molar-refractivity contribution in [1.29, 1.82) is 0 Å². The van der Waals surface area contributed by atoms with Gasteiger partial charge in [0.1, 0.15) is 11.6 Å². The van der Waals surface area contributed by atoms with E-state index < -0.39 is 35.3 Å². The van der Waals surface area contributed by atoms with Gasteiger partial charge in [0.2, 0.25) is 5.91 Å². The normalized spacial score (nSPS) is 25.3. The van der Waals surface area contributed by atoms with Crippen LogP contribution in [0.4, 0.5) is 23.2 Å². The molecule has 1 amide bonds. The van der Waals surface area contributed by atoms with Crippen molar-refractivity contribution >= 4 is 17.7 Å². The second-order valence-corrected chi connectivity index (χ2v) is 11.3. The number of hydrogen-bond donors (Lipinski definition) is 1. The Morgan fingerprint density at radius 3 is 2.71 bits per heavy atom. The van der Waals surface area contributed by atoms with Crippen molar-refractivity contribution in [3.63, 3.8) is 0 Å². The number of nitrogens with zero attached hydrogens (tertiary/aromatic N) is 2. The van der Waals surface area contributed by atoms with Crippen molar-refractivity contribution in [3.8, 4) is 11.4 Å². The van der Waals surface area contributed by atoms with E-state index in [-0.39, 0.29) is 12.2 Å². The molecule has 1 aromatic heterocycles. The molecule has 1 fully saturated rings. The fraction of sp³-hybridized carbons (Fsp3) is 0.375. The SMILES string of the molecule is CCOc1cccc(NC(=O)[C@H]2[C@H](C(F)(F)F)CC=C3[C@@H]2CCC2=Cc4c(cnn4-c4ccc(F)cc4)C[C@@]23C)c1. The topological polar surface area (TPSA) is 56.1 Å². The number of allylic oxidation sites excluding steroid dienone is 3. The van der Waals surface area contributed by atoms with Gasteiger partial charge in [-0.3, -0.25) is 4.79 Å². The number of anilines is 1. The summed E-state index contributed by atoms with van der Waals surface area (Å²) in [5, 5.41) is 7.32. The highest BCUT2D eigenvalue weighted by Gasteiger charge is 2.56. The number of carbonyl (C=O) groups excluding carboxylic acids is 1. The van der Waals surface area contributed by atoms with Gasteiger partial charge in [0.25, 0.3) is 0 Å². The number of carbonyl (C=O) groups is 1. The smallest absolute Gasteiger partial charge is 0.392 e. The first-order valence-corrected chi connectivity index (χ1v) is 13.9. The maximum Gasteiger partial charge on any atom is 0.392 e. The number of ether oxygens (including phenoxy) is 1. The van der Waals surface area contributed by atoms with Crippen molar-refractivity contribution in [2.45, 2.75) is 45.7 Å². The molecule has 1 saturated carbocycles. The molecule has 3 aromatic rings. The molecule has 0 bridgehead atoms. The Labute approximate surface area is 235 Å². The van der Waals surface area contributed by atoms with E-state index in [0.29, 0.717) is 37.3 Å². The number of fused-ring (bicyclic) bond motifs is 4. The summed E-state index contributed by atoms with van der Waals surface area (Å²) in [4.78, 5) is 13.7. The summed E-state index contributed by atoms with van der Waals surface area (Å²) in [6.45, 7) is 4.35. The van der Waals surface area contributed by atoms with Gasteiger partial charge in [-0.25, -0.2) is 9.07 Å². The number of halogens is 4. The number of alkyl halides is 3. The highest BCUT2D eigenvalue weighted by molar-refractivity contribution is 5.93. The zero-order valence-electron chi connectivity index (χ0n) is 22.8. The largest absolute Gasteiger partial charge is 0.494 e. The van der Waals surface area contributed by atoms with E-state index in [9.17, 15) is 22.4 Å². The van der Waals surface area contributed by atoms with Crippen LogP contribution in [0, 0.1) is 29.0 Å². The first-order valence-electron chi connectivity index (χ1n) is 13.9. The third kappa shape index (κ3) is 4.85. The van der Waals surface area contributed by atoms with Crippen molar-refractivity contribution in [2.75, 3.05) is 11.9 Å². The van der Waals surface area contributed by atoms with Crippen LogP contribution in [-0.4, -0.2) is 28.5 Å². The number of nitrogens with one attached hydrogen (secondary N) is 1. The Balaban J connectivity index is 1.33. The first kappa shape index (κ1) is 27.3. The first-order chi connectivity index (χ1) is 19.6. The summed E-state index contributed by atoms with van der Waals surface area (Å²) in [5.41, 5.74) is 4.51. The Morgan fingerprint density at radius 2 is 1.98 bits per heavy atom. The summed E-state index contributed by atoms with van der Waals surface area (Å²) >= 11 is 0. The van der Waals surface area contributed by atoms with Gasteiger partial charge in [-0.2, -0.15) is 18.3 Å². The van der Waals surface area contributed by atoms with E-state index in [2.05, 4.69) is 23.4 Å². The van der Waals surface area contributed by atoms with Crippen LogP contribution in [0.15, 0.2) is 72.0 Å². The van der Waals surface area contributed by atoms with Gasteiger partial charge in [-0.1, -0.05) is 30.2 Å². The number of aromatic nitrogens is 2. The molecule has 3 aliphatic carbocycles. The minimum atomic E-state index is -4.51. The second kappa shape index (κ2) is 10.2. The number of hydrogen-bond acceptors (Lipinski definition) is 3. The second-order valence-electron chi connectivity index (χ2n) is 11.3. The van der Waals surface area contributed by atoms with E-state index in [4.69, 9.17) is 4.74 Å². The highest BCUT2D eigenvalue weighted by Crippen LogP contribution is 2.59. The lowest BCUT2D eigenvalue weighted by atomic mass is 9.54. The fourth-order valence-electron chi connectivity index (χ4n) is 6.99. The van der Waals surface area contributed by atoms with Crippen LogP contribution in [0.25, 0.3) is 11.8 Å². The third-order valence-electron chi connectivity index (χ3n) is 8.88. The lowest BCUT2D eigenvalue weighted by Gasteiger charge is -2.50. The summed E-state index contributed by atoms with van der Waals surface area (Å²) in [6.07, 6.45) is 2.43. The Kier molecular flexibility index (Phi) is 6.78. The molecule has 214 valence electrons. The summed E-state index contributed by atoms with van der Waals surface area (Å²) < 4.78 is 63.8. The Bertz CT molecular complexity index is 1540. The Hall–Kier alpha value is -3.88. The quantitative estimate of drug-likeness (QED) is 0.257. The molecule has 0 radical (unpaired) electrons. The average molecular weight is 566 g/mol. The maximum atomic E-state index is 14.4. The van der Waals surface area contributed by atoms with Gasteiger partial charge in [-0.15, -0.1) is 0 Å². The molecule has 4 atom stereocenters. The minimum Gasteiger partial charge on any atom is -0.494 e. The molecule has 2 aromatic carbocycles. The van der Waals surface area contributed by atoms with E-state index in [1.807, 2.05) is 6.92 Å². The van der Waals surface area contributed by atoms with E-state index in [0.717, 1.165) is 28.1 Å². The molecule has 0 saturated heterocycles. The van der Waals surface area contributed by atoms with Crippen LogP contribution in [0.5, 0.6) is 5.75 Å². The fourth-order valence-corrected chi connectivity index (χ4v) is 6.99. The number of rotatable bonds is 5. The van der Waals surface area contributed by atoms with E-state index in [1.54, 1.807) is 53.4 Å². The molecule has 1 heterocycles. The van der Waals surface area contributed by atoms with Gasteiger partial charge in [0.15, 0.2) is 0 Å². The van der Waals surface area contributed by atoms with Crippen molar-refractivity contribution in [1.82, 2.24) is 9.78 Å². The maximum absolute atomic E-state index is 14.4. The van der Waals surface area contributed by atoms with Crippen LogP contribution in [0.2, 0.25) is 0 Å². The van der Waals surface area contributed by atoms with Crippen LogP contribution >= 0.6 is 0 Å². The molecule has 0 spiro atoms. The molecule has 9 heteroatoms. The monoisotopic (exact) mass is 565 g/mol. The molecular formula is C32H31F4N3O2. The average Bonchev–Trinajstić information content (AvgIpc) is 3.33. The molecule has 0 aliphatic heterocycles. The summed E-state index contributed by atoms with van der Waals surface area (Å²) in [6, 6.07) is 12.8. The molecular weight excluding hydrogens is 534 g/mol. The van der Waals surface area contributed by atoms with Crippen LogP contribution in [-0.2, 0) is 11.2 Å². The third-order valence-corrected chi connectivity index (χ3v) is 8.88. The standard InChI is InChI=1S/C32H31F4N3O2/c1-3-41-24-6-4-5-22(16-24)38-30(40)29-25-12-7-20-15-28-19(18-37-39(28)23-10-8-21(33)9-11-23)17-31(20,2)26(25)13-14-27(29)32(34,35)36/h4-6,8-11,13,15-16,18,25,27,29H,3,7,12,14,17H2,1-2H3,(H,38,40)/t25-,27+,29+,31-/m0/s1. The van der Waals surface area contributed by atoms with Gasteiger partial charge < -0.3 is 10.1 Å². The van der Waals surface area contributed by atoms with E-state index >= 15 is 0 Å². The highest BCUT2D eigenvalue weighted by atomic mass is 19.4. The van der Waals surface area contributed by atoms with E-state index in [1.165, 1.54) is 12.1 Å². The molecule has 3 aliphatic rings. The summed E-state index contributed by atoms with van der Waals surface area (Å²) in [7, 11) is 0. The zero-order chi connectivity index (χ0) is 28.9. The molecule has 5 nitrogen and oxygen atoms in total. The van der Waals surface area contributed by atoms with Crippen molar-refractivity contribution < 1.29 is 27.1 Å². The zero-order valence-corrected chi connectivity index (χ0v) is 22.8. The number of amides is 1. The molecule has 6 rings (SSSR count). The number of benzene rings is 2. The molecule has 41 heavy (non-hydrogen) atoms. The Morgan fingerprint density at radius 1 is 1.20 bits per heavy atom. The van der Waals surface area contributed by atoms with Gasteiger partial charge in [-0.05, 0) is 86.6 Å². The van der Waals surface area contributed by atoms with Gasteiger partial charge >= 0.3 is 6.18 Å². The van der Waals surface area contributed by atoms with Crippen LogP contribution < -0.4 is 10.1 Å². The lowest BCUT2D eigenvalue weighted by molar-refractivity contribution is -0.196. The van der Waals surface area contributed by atoms with Crippen LogP contribution in [0.1, 0.15) is 44.4 Å². The van der Waals surface area contributed by atoms with Gasteiger partial charge in [0, 0.05) is 17.2 Å².